The highest BCUT2D eigenvalue weighted by Crippen LogP contribution is 2.28. The molecule has 1 amide bonds. The lowest BCUT2D eigenvalue weighted by Gasteiger charge is -2.23. The number of esters is 1. The number of oxazole rings is 1. The average Bonchev–Trinajstić information content (AvgIpc) is 3.34. The van der Waals surface area contributed by atoms with Crippen molar-refractivity contribution < 1.29 is 18.7 Å². The molecule has 0 spiro atoms. The lowest BCUT2D eigenvalue weighted by atomic mass is 10.1. The Kier molecular flexibility index (Phi) is 6.35. The molecule has 6 heteroatoms. The third kappa shape index (κ3) is 4.82. The summed E-state index contributed by atoms with van der Waals surface area (Å²) < 4.78 is 11.3. The van der Waals surface area contributed by atoms with E-state index in [1.165, 1.54) is 0 Å². The fourth-order valence-corrected chi connectivity index (χ4v) is 3.85. The highest BCUT2D eigenvalue weighted by molar-refractivity contribution is 6.01. The zero-order valence-corrected chi connectivity index (χ0v) is 18.8. The maximum absolute atomic E-state index is 13.2. The number of para-hydroxylation sites is 4. The second-order valence-corrected chi connectivity index (χ2v) is 7.82. The molecule has 0 aliphatic carbocycles. The van der Waals surface area contributed by atoms with E-state index in [1.54, 1.807) is 23.1 Å². The van der Waals surface area contributed by atoms with Crippen LogP contribution < -0.4 is 4.90 Å². The largest absolute Gasteiger partial charge is 0.462 e. The lowest BCUT2D eigenvalue weighted by molar-refractivity contribution is -0.118. The molecule has 172 valence electrons. The number of rotatable bonds is 7. The summed E-state index contributed by atoms with van der Waals surface area (Å²) in [5, 5.41) is 0. The van der Waals surface area contributed by atoms with Crippen molar-refractivity contribution in [2.24, 2.45) is 0 Å². The third-order valence-corrected chi connectivity index (χ3v) is 5.50. The van der Waals surface area contributed by atoms with Gasteiger partial charge in [-0.15, -0.1) is 0 Å². The molecule has 0 saturated carbocycles. The maximum atomic E-state index is 13.2. The van der Waals surface area contributed by atoms with E-state index in [0.29, 0.717) is 28.1 Å². The Morgan fingerprint density at radius 3 is 2.03 bits per heavy atom. The first kappa shape index (κ1) is 22.1. The summed E-state index contributed by atoms with van der Waals surface area (Å²) in [6.45, 7) is -0.0598. The van der Waals surface area contributed by atoms with Crippen LogP contribution in [0.5, 0.6) is 0 Å². The van der Waals surface area contributed by atoms with Crippen molar-refractivity contribution >= 4 is 34.4 Å². The quantitative estimate of drug-likeness (QED) is 0.262. The van der Waals surface area contributed by atoms with Crippen LogP contribution in [-0.4, -0.2) is 23.5 Å². The highest BCUT2D eigenvalue weighted by Gasteiger charge is 2.21. The number of carbonyl (C=O) groups excluding carboxylic acids is 2. The second kappa shape index (κ2) is 10.1. The smallest absolute Gasteiger partial charge is 0.338 e. The van der Waals surface area contributed by atoms with Crippen LogP contribution in [0.4, 0.5) is 11.4 Å². The third-order valence-electron chi connectivity index (χ3n) is 5.50. The van der Waals surface area contributed by atoms with E-state index in [-0.39, 0.29) is 18.9 Å². The molecule has 0 saturated heterocycles. The lowest BCUT2D eigenvalue weighted by Crippen LogP contribution is -2.27. The minimum absolute atomic E-state index is 0.0284. The number of fused-ring (bicyclic) bond motifs is 1. The molecule has 0 aliphatic rings. The standard InChI is InChI=1S/C29H22N2O4/c32-27(31(21-11-3-1-4-12-21)22-13-5-2-6-14-22)19-20-34-29(33)24-16-8-7-15-23(24)28-30-25-17-9-10-18-26(25)35-28/h1-18H,19-20H2. The normalized spacial score (nSPS) is 10.7. The van der Waals surface area contributed by atoms with Crippen molar-refractivity contribution in [1.82, 2.24) is 4.98 Å². The van der Waals surface area contributed by atoms with Gasteiger partial charge in [0.05, 0.1) is 17.5 Å². The summed E-state index contributed by atoms with van der Waals surface area (Å²) in [5.74, 6) is -0.377. The fraction of sp³-hybridized carbons (Fsp3) is 0.0690. The van der Waals surface area contributed by atoms with Gasteiger partial charge in [-0.25, -0.2) is 9.78 Å². The molecule has 0 N–H and O–H groups in total. The van der Waals surface area contributed by atoms with E-state index in [2.05, 4.69) is 4.98 Å². The summed E-state index contributed by atoms with van der Waals surface area (Å²) in [5.41, 5.74) is 3.70. The van der Waals surface area contributed by atoms with Gasteiger partial charge in [-0.2, -0.15) is 0 Å². The molecular weight excluding hydrogens is 440 g/mol. The number of carbonyl (C=O) groups is 2. The molecule has 0 atom stereocenters. The van der Waals surface area contributed by atoms with E-state index in [9.17, 15) is 9.59 Å². The molecule has 6 nitrogen and oxygen atoms in total. The van der Waals surface area contributed by atoms with E-state index < -0.39 is 5.97 Å². The molecule has 4 aromatic carbocycles. The van der Waals surface area contributed by atoms with E-state index >= 15 is 0 Å². The summed E-state index contributed by atoms with van der Waals surface area (Å²) in [4.78, 5) is 32.2. The Hall–Kier alpha value is -4.71. The monoisotopic (exact) mass is 462 g/mol. The van der Waals surface area contributed by atoms with Crippen LogP contribution in [0.2, 0.25) is 0 Å². The van der Waals surface area contributed by atoms with E-state index in [1.807, 2.05) is 91.0 Å². The molecule has 0 aliphatic heterocycles. The minimum atomic E-state index is -0.540. The maximum Gasteiger partial charge on any atom is 0.338 e. The second-order valence-electron chi connectivity index (χ2n) is 7.82. The Labute approximate surface area is 202 Å². The van der Waals surface area contributed by atoms with Crippen LogP contribution in [0, 0.1) is 0 Å². The SMILES string of the molecule is O=C(OCCC(=O)N(c1ccccc1)c1ccccc1)c1ccccc1-c1nc2ccccc2o1. The fourth-order valence-electron chi connectivity index (χ4n) is 3.85. The average molecular weight is 463 g/mol. The van der Waals surface area contributed by atoms with Crippen LogP contribution in [-0.2, 0) is 9.53 Å². The Morgan fingerprint density at radius 1 is 0.743 bits per heavy atom. The van der Waals surface area contributed by atoms with Crippen molar-refractivity contribution in [1.29, 1.82) is 0 Å². The first-order chi connectivity index (χ1) is 17.2. The van der Waals surface area contributed by atoms with E-state index in [4.69, 9.17) is 9.15 Å². The summed E-state index contributed by atoms with van der Waals surface area (Å²) in [7, 11) is 0. The van der Waals surface area contributed by atoms with Gasteiger partial charge in [-0.05, 0) is 48.5 Å². The van der Waals surface area contributed by atoms with Crippen LogP contribution in [0.15, 0.2) is 114 Å². The number of ether oxygens (including phenoxy) is 1. The van der Waals surface area contributed by atoms with Gasteiger partial charge >= 0.3 is 5.97 Å². The van der Waals surface area contributed by atoms with Gasteiger partial charge in [-0.3, -0.25) is 9.69 Å². The van der Waals surface area contributed by atoms with Crippen LogP contribution in [0.1, 0.15) is 16.8 Å². The van der Waals surface area contributed by atoms with Gasteiger partial charge in [-0.1, -0.05) is 60.7 Å². The molecular formula is C29H22N2O4. The summed E-state index contributed by atoms with van der Waals surface area (Å²) in [6.07, 6.45) is 0.0284. The van der Waals surface area contributed by atoms with Crippen molar-refractivity contribution in [3.8, 4) is 11.5 Å². The molecule has 35 heavy (non-hydrogen) atoms. The number of benzene rings is 4. The number of anilines is 2. The van der Waals surface area contributed by atoms with Gasteiger partial charge in [0.1, 0.15) is 12.1 Å². The Morgan fingerprint density at radius 2 is 1.34 bits per heavy atom. The Balaban J connectivity index is 1.31. The zero-order valence-electron chi connectivity index (χ0n) is 18.8. The molecule has 0 bridgehead atoms. The van der Waals surface area contributed by atoms with Gasteiger partial charge in [0.2, 0.25) is 11.8 Å². The van der Waals surface area contributed by atoms with Crippen molar-refractivity contribution in [2.45, 2.75) is 6.42 Å². The van der Waals surface area contributed by atoms with Gasteiger partial charge in [0, 0.05) is 11.4 Å². The summed E-state index contributed by atoms with van der Waals surface area (Å²) >= 11 is 0. The zero-order chi connectivity index (χ0) is 24.0. The first-order valence-corrected chi connectivity index (χ1v) is 11.3. The highest BCUT2D eigenvalue weighted by atomic mass is 16.5. The van der Waals surface area contributed by atoms with Gasteiger partial charge in [0.25, 0.3) is 0 Å². The van der Waals surface area contributed by atoms with Crippen LogP contribution in [0.25, 0.3) is 22.6 Å². The van der Waals surface area contributed by atoms with Crippen molar-refractivity contribution in [3.63, 3.8) is 0 Å². The molecule has 1 heterocycles. The number of nitrogens with zero attached hydrogens (tertiary/aromatic N) is 2. The molecule has 1 aromatic heterocycles. The molecule has 0 unspecified atom stereocenters. The predicted molar refractivity (Wildman–Crippen MR) is 134 cm³/mol. The number of aromatic nitrogens is 1. The molecule has 5 aromatic rings. The number of amides is 1. The van der Waals surface area contributed by atoms with Crippen molar-refractivity contribution in [2.75, 3.05) is 11.5 Å². The summed E-state index contributed by atoms with van der Waals surface area (Å²) in [6, 6.07) is 33.2. The predicted octanol–water partition coefficient (Wildman–Crippen LogP) is 6.41. The molecule has 5 rings (SSSR count). The van der Waals surface area contributed by atoms with Crippen molar-refractivity contribution in [3.05, 3.63) is 115 Å². The first-order valence-electron chi connectivity index (χ1n) is 11.3. The van der Waals surface area contributed by atoms with Gasteiger partial charge < -0.3 is 9.15 Å². The van der Waals surface area contributed by atoms with E-state index in [0.717, 1.165) is 11.4 Å². The van der Waals surface area contributed by atoms with Crippen LogP contribution in [0.3, 0.4) is 0 Å². The molecule has 0 fully saturated rings. The van der Waals surface area contributed by atoms with Gasteiger partial charge in [0.15, 0.2) is 5.58 Å². The number of hydrogen-bond acceptors (Lipinski definition) is 5. The minimum Gasteiger partial charge on any atom is -0.462 e. The topological polar surface area (TPSA) is 72.6 Å². The number of hydrogen-bond donors (Lipinski definition) is 0. The Bertz CT molecular complexity index is 1390. The van der Waals surface area contributed by atoms with Crippen LogP contribution >= 0.6 is 0 Å². The molecule has 0 radical (unpaired) electrons.